The Hall–Kier alpha value is -2.18. The van der Waals surface area contributed by atoms with Gasteiger partial charge in [-0.05, 0) is 44.4 Å². The molecule has 0 radical (unpaired) electrons. The van der Waals surface area contributed by atoms with Crippen LogP contribution in [-0.2, 0) is 17.8 Å². The quantitative estimate of drug-likeness (QED) is 0.781. The number of likely N-dealkylation sites (tertiary alicyclic amines) is 1. The van der Waals surface area contributed by atoms with Crippen LogP contribution in [-0.4, -0.2) is 56.5 Å². The van der Waals surface area contributed by atoms with Gasteiger partial charge in [-0.25, -0.2) is 15.0 Å². The van der Waals surface area contributed by atoms with Gasteiger partial charge in [0.05, 0.1) is 5.92 Å². The Morgan fingerprint density at radius 2 is 1.86 bits per heavy atom. The minimum Gasteiger partial charge on any atom is -0.354 e. The molecule has 5 heterocycles. The van der Waals surface area contributed by atoms with E-state index < -0.39 is 0 Å². The summed E-state index contributed by atoms with van der Waals surface area (Å²) in [5.74, 6) is 3.22. The van der Waals surface area contributed by atoms with E-state index in [0.717, 1.165) is 93.6 Å². The molecule has 7 nitrogen and oxygen atoms in total. The molecular weight excluding hydrogens is 364 g/mol. The van der Waals surface area contributed by atoms with Crippen LogP contribution in [0.15, 0.2) is 6.33 Å². The van der Waals surface area contributed by atoms with E-state index >= 15 is 0 Å². The minimum absolute atomic E-state index is 0.0719. The first-order valence-electron chi connectivity index (χ1n) is 11.4. The van der Waals surface area contributed by atoms with Gasteiger partial charge >= 0.3 is 0 Å². The predicted octanol–water partition coefficient (Wildman–Crippen LogP) is 3.03. The molecule has 1 atom stereocenters. The van der Waals surface area contributed by atoms with Crippen LogP contribution >= 0.6 is 0 Å². The molecule has 0 N–H and O–H groups in total. The Labute approximate surface area is 172 Å². The SMILES string of the molecule is CC1CCN(C(=O)[C@@H]2CCCN(c3ncnc4c3nc3n4CCCCC3)C2)CC1. The Morgan fingerprint density at radius 3 is 2.72 bits per heavy atom. The molecule has 0 aliphatic carbocycles. The monoisotopic (exact) mass is 396 g/mol. The van der Waals surface area contributed by atoms with E-state index in [9.17, 15) is 4.79 Å². The Bertz CT molecular complexity index is 885. The zero-order valence-electron chi connectivity index (χ0n) is 17.5. The number of anilines is 1. The fourth-order valence-electron chi connectivity index (χ4n) is 5.22. The van der Waals surface area contributed by atoms with Gasteiger partial charge in [0.15, 0.2) is 17.0 Å². The number of aryl methyl sites for hydroxylation is 2. The van der Waals surface area contributed by atoms with Crippen molar-refractivity contribution < 1.29 is 4.79 Å². The van der Waals surface area contributed by atoms with Crippen molar-refractivity contribution in [3.05, 3.63) is 12.2 Å². The normalized spacial score (nSPS) is 23.8. The maximum atomic E-state index is 13.1. The highest BCUT2D eigenvalue weighted by Crippen LogP contribution is 2.30. The molecule has 0 saturated carbocycles. The summed E-state index contributed by atoms with van der Waals surface area (Å²) < 4.78 is 2.29. The lowest BCUT2D eigenvalue weighted by atomic mass is 9.93. The molecule has 0 aromatic carbocycles. The Morgan fingerprint density at radius 1 is 1.00 bits per heavy atom. The van der Waals surface area contributed by atoms with E-state index in [1.807, 2.05) is 0 Å². The standard InChI is InChI=1S/C22H32N6O/c1-16-8-12-26(13-9-16)22(29)17-6-5-10-27(14-17)20-19-21(24-15-23-20)28-11-4-2-3-7-18(28)25-19/h15-17H,2-14H2,1H3/t17-/m1/s1. The highest BCUT2D eigenvalue weighted by Gasteiger charge is 2.32. The number of carbonyl (C=O) groups is 1. The molecule has 7 heteroatoms. The number of hydrogen-bond acceptors (Lipinski definition) is 5. The van der Waals surface area contributed by atoms with Crippen molar-refractivity contribution in [2.24, 2.45) is 11.8 Å². The van der Waals surface area contributed by atoms with Crippen LogP contribution in [0.2, 0.25) is 0 Å². The summed E-state index contributed by atoms with van der Waals surface area (Å²) in [6.45, 7) is 6.81. The number of nitrogens with zero attached hydrogens (tertiary/aromatic N) is 6. The van der Waals surface area contributed by atoms with Gasteiger partial charge in [0.2, 0.25) is 5.91 Å². The number of amides is 1. The van der Waals surface area contributed by atoms with E-state index in [-0.39, 0.29) is 5.92 Å². The molecule has 2 aromatic rings. The highest BCUT2D eigenvalue weighted by molar-refractivity contribution is 5.85. The predicted molar refractivity (Wildman–Crippen MR) is 113 cm³/mol. The van der Waals surface area contributed by atoms with E-state index in [2.05, 4.69) is 31.3 Å². The van der Waals surface area contributed by atoms with Crippen molar-refractivity contribution in [2.45, 2.75) is 64.8 Å². The molecule has 0 spiro atoms. The topological polar surface area (TPSA) is 67.2 Å². The van der Waals surface area contributed by atoms with Crippen LogP contribution in [0.3, 0.4) is 0 Å². The molecule has 2 aromatic heterocycles. The van der Waals surface area contributed by atoms with Crippen molar-refractivity contribution in [3.8, 4) is 0 Å². The van der Waals surface area contributed by atoms with Gasteiger partial charge in [0.1, 0.15) is 12.2 Å². The van der Waals surface area contributed by atoms with Crippen molar-refractivity contribution in [1.82, 2.24) is 24.4 Å². The van der Waals surface area contributed by atoms with Crippen LogP contribution in [0, 0.1) is 11.8 Å². The van der Waals surface area contributed by atoms with Gasteiger partial charge < -0.3 is 14.4 Å². The highest BCUT2D eigenvalue weighted by atomic mass is 16.2. The lowest BCUT2D eigenvalue weighted by Crippen LogP contribution is -2.47. The number of aromatic nitrogens is 4. The van der Waals surface area contributed by atoms with Crippen molar-refractivity contribution in [2.75, 3.05) is 31.1 Å². The molecule has 0 bridgehead atoms. The van der Waals surface area contributed by atoms with Crippen molar-refractivity contribution >= 4 is 22.9 Å². The summed E-state index contributed by atoms with van der Waals surface area (Å²) in [5, 5.41) is 0. The second kappa shape index (κ2) is 7.92. The van der Waals surface area contributed by atoms with Gasteiger partial charge in [-0.1, -0.05) is 13.3 Å². The molecule has 5 rings (SSSR count). The van der Waals surface area contributed by atoms with Crippen molar-refractivity contribution in [1.29, 1.82) is 0 Å². The number of carbonyl (C=O) groups excluding carboxylic acids is 1. The molecule has 2 fully saturated rings. The second-order valence-corrected chi connectivity index (χ2v) is 9.15. The molecule has 29 heavy (non-hydrogen) atoms. The van der Waals surface area contributed by atoms with Crippen molar-refractivity contribution in [3.63, 3.8) is 0 Å². The van der Waals surface area contributed by atoms with E-state index in [1.165, 1.54) is 19.3 Å². The van der Waals surface area contributed by atoms with E-state index in [4.69, 9.17) is 4.98 Å². The molecule has 156 valence electrons. The van der Waals surface area contributed by atoms with Crippen LogP contribution in [0.5, 0.6) is 0 Å². The van der Waals surface area contributed by atoms with Gasteiger partial charge in [-0.2, -0.15) is 0 Å². The third kappa shape index (κ3) is 3.60. The Kier molecular flexibility index (Phi) is 5.14. The fraction of sp³-hybridized carbons (Fsp3) is 0.727. The lowest BCUT2D eigenvalue weighted by Gasteiger charge is -2.37. The van der Waals surface area contributed by atoms with Gasteiger partial charge in [-0.3, -0.25) is 4.79 Å². The summed E-state index contributed by atoms with van der Waals surface area (Å²) in [4.78, 5) is 31.7. The summed E-state index contributed by atoms with van der Waals surface area (Å²) in [5.41, 5.74) is 1.88. The van der Waals surface area contributed by atoms with Crippen LogP contribution in [0.25, 0.3) is 11.2 Å². The van der Waals surface area contributed by atoms with Gasteiger partial charge in [-0.15, -0.1) is 0 Å². The zero-order valence-corrected chi connectivity index (χ0v) is 17.5. The van der Waals surface area contributed by atoms with Crippen LogP contribution < -0.4 is 4.90 Å². The number of fused-ring (bicyclic) bond motifs is 3. The zero-order chi connectivity index (χ0) is 19.8. The number of rotatable bonds is 2. The van der Waals surface area contributed by atoms with Gasteiger partial charge in [0.25, 0.3) is 0 Å². The minimum atomic E-state index is 0.0719. The molecule has 2 saturated heterocycles. The molecule has 0 unspecified atom stereocenters. The molecule has 1 amide bonds. The summed E-state index contributed by atoms with van der Waals surface area (Å²) in [7, 11) is 0. The second-order valence-electron chi connectivity index (χ2n) is 9.15. The summed E-state index contributed by atoms with van der Waals surface area (Å²) in [6, 6.07) is 0. The smallest absolute Gasteiger partial charge is 0.227 e. The third-order valence-corrected chi connectivity index (χ3v) is 7.04. The van der Waals surface area contributed by atoms with Crippen LogP contribution in [0.4, 0.5) is 5.82 Å². The molecule has 3 aliphatic heterocycles. The first kappa shape index (κ1) is 18.8. The average Bonchev–Trinajstić information content (AvgIpc) is 2.95. The number of piperidine rings is 2. The first-order valence-corrected chi connectivity index (χ1v) is 11.4. The average molecular weight is 397 g/mol. The largest absolute Gasteiger partial charge is 0.354 e. The maximum absolute atomic E-state index is 13.1. The molecular formula is C22H32N6O. The number of imidazole rings is 1. The Balaban J connectivity index is 1.38. The third-order valence-electron chi connectivity index (χ3n) is 7.04. The van der Waals surface area contributed by atoms with Gasteiger partial charge in [0, 0.05) is 39.1 Å². The maximum Gasteiger partial charge on any atom is 0.227 e. The van der Waals surface area contributed by atoms with E-state index in [0.29, 0.717) is 5.91 Å². The fourth-order valence-corrected chi connectivity index (χ4v) is 5.22. The van der Waals surface area contributed by atoms with E-state index in [1.54, 1.807) is 6.33 Å². The lowest BCUT2D eigenvalue weighted by molar-refractivity contribution is -0.137. The number of hydrogen-bond donors (Lipinski definition) is 0. The summed E-state index contributed by atoms with van der Waals surface area (Å²) in [6.07, 6.45) is 10.6. The summed E-state index contributed by atoms with van der Waals surface area (Å²) >= 11 is 0. The first-order chi connectivity index (χ1) is 14.2. The molecule has 3 aliphatic rings. The van der Waals surface area contributed by atoms with Crippen LogP contribution in [0.1, 0.15) is 57.7 Å².